The largest absolute Gasteiger partial charge is 0.508 e. The molecule has 0 aliphatic heterocycles. The van der Waals surface area contributed by atoms with E-state index in [1.807, 2.05) is 0 Å². The molecule has 0 heterocycles. The van der Waals surface area contributed by atoms with Crippen LogP contribution in [0.5, 0.6) is 11.5 Å². The van der Waals surface area contributed by atoms with Crippen molar-refractivity contribution in [2.24, 2.45) is 0 Å². The van der Waals surface area contributed by atoms with E-state index in [9.17, 15) is 39.6 Å². The number of carboxylic acids is 2. The normalized spacial score (nSPS) is 12.9. The molecule has 10 nitrogen and oxygen atoms in total. The van der Waals surface area contributed by atoms with Gasteiger partial charge in [0.2, 0.25) is 12.2 Å². The van der Waals surface area contributed by atoms with Gasteiger partial charge in [0.15, 0.2) is 0 Å². The lowest BCUT2D eigenvalue weighted by molar-refractivity contribution is -0.183. The zero-order valence-corrected chi connectivity index (χ0v) is 16.3. The van der Waals surface area contributed by atoms with Crippen LogP contribution in [0.15, 0.2) is 60.7 Å². The Balaban J connectivity index is 2.07. The molecule has 4 N–H and O–H groups in total. The summed E-state index contributed by atoms with van der Waals surface area (Å²) in [4.78, 5) is 46.8. The van der Waals surface area contributed by atoms with Crippen LogP contribution >= 0.6 is 0 Å². The van der Waals surface area contributed by atoms with Gasteiger partial charge in [0.25, 0.3) is 0 Å². The van der Waals surface area contributed by atoms with Crippen LogP contribution in [0.4, 0.5) is 0 Å². The number of rotatable bonds is 9. The van der Waals surface area contributed by atoms with Gasteiger partial charge in [-0.05, 0) is 47.5 Å². The maximum atomic E-state index is 12.0. The van der Waals surface area contributed by atoms with Crippen molar-refractivity contribution in [3.63, 3.8) is 0 Å². The Kier molecular flexibility index (Phi) is 8.12. The molecule has 32 heavy (non-hydrogen) atoms. The van der Waals surface area contributed by atoms with Crippen molar-refractivity contribution in [1.29, 1.82) is 0 Å². The fourth-order valence-corrected chi connectivity index (χ4v) is 2.31. The Morgan fingerprint density at radius 2 is 0.938 bits per heavy atom. The van der Waals surface area contributed by atoms with Crippen molar-refractivity contribution >= 4 is 36.0 Å². The second-order valence-corrected chi connectivity index (χ2v) is 6.24. The Labute approximate surface area is 181 Å². The molecule has 0 saturated carbocycles. The lowest BCUT2D eigenvalue weighted by Crippen LogP contribution is -2.45. The second-order valence-electron chi connectivity index (χ2n) is 6.24. The van der Waals surface area contributed by atoms with Crippen molar-refractivity contribution < 1.29 is 49.1 Å². The summed E-state index contributed by atoms with van der Waals surface area (Å²) in [6.45, 7) is 0. The molecule has 0 bridgehead atoms. The summed E-state index contributed by atoms with van der Waals surface area (Å²) < 4.78 is 9.35. The molecular weight excluding hydrogens is 424 g/mol. The van der Waals surface area contributed by atoms with Gasteiger partial charge in [0.05, 0.1) is 0 Å². The van der Waals surface area contributed by atoms with Crippen molar-refractivity contribution in [3.05, 3.63) is 71.8 Å². The van der Waals surface area contributed by atoms with Gasteiger partial charge >= 0.3 is 23.9 Å². The predicted molar refractivity (Wildman–Crippen MR) is 109 cm³/mol. The number of aliphatic carboxylic acids is 2. The van der Waals surface area contributed by atoms with E-state index in [1.165, 1.54) is 60.7 Å². The standard InChI is InChI=1S/C22H18O10/c23-15-7-1-13(2-8-15)5-11-17(25)31-19(21(27)28)20(22(29)30)32-18(26)12-6-14-3-9-16(24)10-4-14/h1-12,19-20,23-24H,(H,27,28)(H,29,30)/b11-5+,12-6+/t19-,20+. The second kappa shape index (κ2) is 11.0. The summed E-state index contributed by atoms with van der Waals surface area (Å²) in [5, 5.41) is 37.0. The van der Waals surface area contributed by atoms with Crippen LogP contribution in [-0.4, -0.2) is 56.5 Å². The van der Waals surface area contributed by atoms with E-state index < -0.39 is 36.1 Å². The maximum Gasteiger partial charge on any atom is 0.349 e. The molecule has 10 heteroatoms. The van der Waals surface area contributed by atoms with Crippen LogP contribution in [0.2, 0.25) is 0 Å². The number of benzene rings is 2. The third-order valence-corrected chi connectivity index (χ3v) is 3.86. The Hall–Kier alpha value is -4.60. The molecule has 0 aliphatic carbocycles. The van der Waals surface area contributed by atoms with Crippen molar-refractivity contribution in [2.45, 2.75) is 12.2 Å². The zero-order valence-electron chi connectivity index (χ0n) is 16.3. The highest BCUT2D eigenvalue weighted by atomic mass is 16.6. The van der Waals surface area contributed by atoms with Gasteiger partial charge in [0, 0.05) is 12.2 Å². The van der Waals surface area contributed by atoms with Gasteiger partial charge in [-0.15, -0.1) is 0 Å². The average molecular weight is 442 g/mol. The number of carbonyl (C=O) groups excluding carboxylic acids is 2. The Morgan fingerprint density at radius 3 is 1.22 bits per heavy atom. The van der Waals surface area contributed by atoms with E-state index in [0.717, 1.165) is 12.2 Å². The SMILES string of the molecule is O=C(/C=C/c1ccc(O)cc1)O[C@H](C(=O)O)[C@@H](OC(=O)/C=C/c1ccc(O)cc1)C(=O)O. The Morgan fingerprint density at radius 1 is 0.625 bits per heavy atom. The summed E-state index contributed by atoms with van der Waals surface area (Å²) >= 11 is 0. The number of hydrogen-bond donors (Lipinski definition) is 4. The number of ether oxygens (including phenoxy) is 2. The summed E-state index contributed by atoms with van der Waals surface area (Å²) in [5.74, 6) is -6.04. The van der Waals surface area contributed by atoms with Gasteiger partial charge in [-0.25, -0.2) is 19.2 Å². The summed E-state index contributed by atoms with van der Waals surface area (Å²) in [6, 6.07) is 11.3. The minimum absolute atomic E-state index is 0.00115. The molecular formula is C22H18O10. The van der Waals surface area contributed by atoms with Crippen molar-refractivity contribution in [2.75, 3.05) is 0 Å². The van der Waals surface area contributed by atoms with Gasteiger partial charge in [-0.1, -0.05) is 24.3 Å². The molecule has 166 valence electrons. The first-order chi connectivity index (χ1) is 15.2. The molecule has 0 unspecified atom stereocenters. The van der Waals surface area contributed by atoms with Crippen LogP contribution in [-0.2, 0) is 28.7 Å². The third kappa shape index (κ3) is 7.34. The van der Waals surface area contributed by atoms with E-state index >= 15 is 0 Å². The summed E-state index contributed by atoms with van der Waals surface area (Å²) in [7, 11) is 0. The fraction of sp³-hybridized carbons (Fsp3) is 0.0909. The van der Waals surface area contributed by atoms with Crippen LogP contribution in [0.3, 0.4) is 0 Å². The molecule has 0 aromatic heterocycles. The fourth-order valence-electron chi connectivity index (χ4n) is 2.31. The first kappa shape index (κ1) is 23.7. The minimum atomic E-state index is -2.31. The highest BCUT2D eigenvalue weighted by molar-refractivity contribution is 5.93. The maximum absolute atomic E-state index is 12.0. The molecule has 0 fully saturated rings. The van der Waals surface area contributed by atoms with E-state index in [4.69, 9.17) is 0 Å². The number of aromatic hydroxyl groups is 2. The predicted octanol–water partition coefficient (Wildman–Crippen LogP) is 1.82. The van der Waals surface area contributed by atoms with Crippen LogP contribution in [0.25, 0.3) is 12.2 Å². The minimum Gasteiger partial charge on any atom is -0.508 e. The monoisotopic (exact) mass is 442 g/mol. The summed E-state index contributed by atoms with van der Waals surface area (Å²) in [5.41, 5.74) is 0.958. The van der Waals surface area contributed by atoms with E-state index in [-0.39, 0.29) is 11.5 Å². The number of carbonyl (C=O) groups is 4. The van der Waals surface area contributed by atoms with Crippen LogP contribution < -0.4 is 0 Å². The third-order valence-electron chi connectivity index (χ3n) is 3.86. The molecule has 2 aromatic rings. The van der Waals surface area contributed by atoms with Gasteiger partial charge in [-0.2, -0.15) is 0 Å². The van der Waals surface area contributed by atoms with E-state index in [2.05, 4.69) is 9.47 Å². The molecule has 0 amide bonds. The van der Waals surface area contributed by atoms with Gasteiger partial charge in [0.1, 0.15) is 11.5 Å². The molecule has 2 atom stereocenters. The van der Waals surface area contributed by atoms with E-state index in [1.54, 1.807) is 0 Å². The molecule has 2 rings (SSSR count). The highest BCUT2D eigenvalue weighted by Gasteiger charge is 2.40. The Bertz CT molecular complexity index is 950. The molecule has 2 aromatic carbocycles. The first-order valence-electron chi connectivity index (χ1n) is 8.97. The summed E-state index contributed by atoms with van der Waals surface area (Å²) in [6.07, 6.45) is -0.404. The van der Waals surface area contributed by atoms with Crippen LogP contribution in [0.1, 0.15) is 11.1 Å². The smallest absolute Gasteiger partial charge is 0.349 e. The number of phenols is 2. The number of hydrogen-bond acceptors (Lipinski definition) is 8. The quantitative estimate of drug-likeness (QED) is 0.332. The zero-order chi connectivity index (χ0) is 23.7. The number of carboxylic acid groups (broad SMARTS) is 2. The number of phenolic OH excluding ortho intramolecular Hbond substituents is 2. The topological polar surface area (TPSA) is 168 Å². The molecule has 0 aliphatic rings. The lowest BCUT2D eigenvalue weighted by Gasteiger charge is -2.19. The first-order valence-corrected chi connectivity index (χ1v) is 8.97. The van der Waals surface area contributed by atoms with Gasteiger partial charge in [-0.3, -0.25) is 0 Å². The molecule has 0 saturated heterocycles. The lowest BCUT2D eigenvalue weighted by atomic mass is 10.2. The van der Waals surface area contributed by atoms with Gasteiger partial charge < -0.3 is 29.9 Å². The van der Waals surface area contributed by atoms with Crippen LogP contribution in [0, 0.1) is 0 Å². The average Bonchev–Trinajstić information content (AvgIpc) is 2.75. The molecule has 0 spiro atoms. The highest BCUT2D eigenvalue weighted by Crippen LogP contribution is 2.13. The molecule has 0 radical (unpaired) electrons. The van der Waals surface area contributed by atoms with Crippen molar-refractivity contribution in [1.82, 2.24) is 0 Å². The van der Waals surface area contributed by atoms with Crippen molar-refractivity contribution in [3.8, 4) is 11.5 Å². The van der Waals surface area contributed by atoms with E-state index in [0.29, 0.717) is 11.1 Å². The number of esters is 2.